The van der Waals surface area contributed by atoms with Gasteiger partial charge in [0.05, 0.1) is 6.20 Å². The second-order valence-corrected chi connectivity index (χ2v) is 5.80. The lowest BCUT2D eigenvalue weighted by atomic mass is 10.00. The predicted molar refractivity (Wildman–Crippen MR) is 76.3 cm³/mol. The van der Waals surface area contributed by atoms with E-state index < -0.39 is 0 Å². The maximum Gasteiger partial charge on any atom is 0.180 e. The van der Waals surface area contributed by atoms with E-state index in [1.807, 2.05) is 10.6 Å². The van der Waals surface area contributed by atoms with E-state index in [1.54, 1.807) is 12.4 Å². The first kappa shape index (κ1) is 12.2. The summed E-state index contributed by atoms with van der Waals surface area (Å²) in [5.74, 6) is 1.41. The summed E-state index contributed by atoms with van der Waals surface area (Å²) in [7, 11) is 2.16. The van der Waals surface area contributed by atoms with Gasteiger partial charge in [-0.05, 0) is 20.9 Å². The summed E-state index contributed by atoms with van der Waals surface area (Å²) < 4.78 is 1.93. The van der Waals surface area contributed by atoms with E-state index in [-0.39, 0.29) is 5.54 Å². The molecule has 0 aliphatic carbocycles. The fraction of sp³-hybridized carbons (Fsp3) is 0.538. The van der Waals surface area contributed by atoms with E-state index in [9.17, 15) is 0 Å². The van der Waals surface area contributed by atoms with Gasteiger partial charge in [0.15, 0.2) is 11.5 Å². The number of nitrogens with zero attached hydrogens (tertiary/aromatic N) is 5. The van der Waals surface area contributed by atoms with E-state index in [1.165, 1.54) is 0 Å². The first-order chi connectivity index (χ1) is 8.97. The molecule has 1 aliphatic heterocycles. The first-order valence-electron chi connectivity index (χ1n) is 6.53. The molecule has 6 nitrogen and oxygen atoms in total. The Hall–Kier alpha value is -1.82. The Balaban J connectivity index is 2.02. The van der Waals surface area contributed by atoms with Gasteiger partial charge in [-0.3, -0.25) is 4.90 Å². The molecule has 0 aromatic carbocycles. The Morgan fingerprint density at radius 2 is 2.11 bits per heavy atom. The monoisotopic (exact) mass is 260 g/mol. The summed E-state index contributed by atoms with van der Waals surface area (Å²) in [6.45, 7) is 7.36. The molecule has 2 N–H and O–H groups in total. The van der Waals surface area contributed by atoms with Crippen LogP contribution in [0, 0.1) is 0 Å². The van der Waals surface area contributed by atoms with E-state index in [0.29, 0.717) is 5.82 Å². The number of fused-ring (bicyclic) bond motifs is 1. The molecule has 0 radical (unpaired) electrons. The lowest BCUT2D eigenvalue weighted by molar-refractivity contribution is 0.138. The Kier molecular flexibility index (Phi) is 2.63. The number of aromatic nitrogens is 3. The number of nitrogens with two attached hydrogens (primary N) is 1. The minimum atomic E-state index is 0.119. The molecule has 2 aromatic rings. The van der Waals surface area contributed by atoms with Crippen molar-refractivity contribution in [1.82, 2.24) is 19.3 Å². The van der Waals surface area contributed by atoms with Crippen LogP contribution in [0.3, 0.4) is 0 Å². The van der Waals surface area contributed by atoms with E-state index in [2.05, 4.69) is 40.7 Å². The van der Waals surface area contributed by atoms with E-state index >= 15 is 0 Å². The predicted octanol–water partition coefficient (Wildman–Crippen LogP) is 0.842. The summed E-state index contributed by atoms with van der Waals surface area (Å²) in [5.41, 5.74) is 6.88. The third-order valence-corrected chi connectivity index (χ3v) is 3.99. The van der Waals surface area contributed by atoms with Gasteiger partial charge >= 0.3 is 0 Å². The van der Waals surface area contributed by atoms with Gasteiger partial charge in [-0.2, -0.15) is 0 Å². The van der Waals surface area contributed by atoms with Crippen LogP contribution in [0.2, 0.25) is 0 Å². The number of rotatable bonds is 1. The highest BCUT2D eigenvalue weighted by Gasteiger charge is 2.32. The molecule has 0 atom stereocenters. The van der Waals surface area contributed by atoms with Crippen molar-refractivity contribution >= 4 is 17.3 Å². The molecule has 6 heteroatoms. The molecule has 19 heavy (non-hydrogen) atoms. The summed E-state index contributed by atoms with van der Waals surface area (Å²) >= 11 is 0. The number of likely N-dealkylation sites (N-methyl/N-ethyl adjacent to an activating group) is 1. The van der Waals surface area contributed by atoms with Crippen LogP contribution >= 0.6 is 0 Å². The standard InChI is InChI=1S/C13H20N6/c1-13(2)9-19(7-6-17(13)3)12-11-15-4-5-18(11)8-10(14)16-12/h4-5,8H,6-7,9,14H2,1-3H3. The molecular weight excluding hydrogens is 240 g/mol. The summed E-state index contributed by atoms with van der Waals surface area (Å²) in [4.78, 5) is 13.5. The maximum atomic E-state index is 5.89. The topological polar surface area (TPSA) is 62.7 Å². The van der Waals surface area contributed by atoms with Gasteiger partial charge in [0.25, 0.3) is 0 Å². The number of piperazine rings is 1. The van der Waals surface area contributed by atoms with Crippen LogP contribution in [-0.2, 0) is 0 Å². The highest BCUT2D eigenvalue weighted by atomic mass is 15.3. The molecule has 1 aliphatic rings. The Morgan fingerprint density at radius 1 is 1.32 bits per heavy atom. The molecule has 0 saturated carbocycles. The molecule has 0 bridgehead atoms. The van der Waals surface area contributed by atoms with Crippen molar-refractivity contribution in [2.75, 3.05) is 37.3 Å². The molecule has 102 valence electrons. The number of nitrogen functional groups attached to an aromatic ring is 1. The van der Waals surface area contributed by atoms with Crippen molar-refractivity contribution in [2.24, 2.45) is 0 Å². The van der Waals surface area contributed by atoms with Gasteiger partial charge in [0.2, 0.25) is 0 Å². The van der Waals surface area contributed by atoms with Crippen LogP contribution in [0.15, 0.2) is 18.6 Å². The van der Waals surface area contributed by atoms with E-state index in [0.717, 1.165) is 31.1 Å². The highest BCUT2D eigenvalue weighted by Crippen LogP contribution is 2.26. The summed E-state index contributed by atoms with van der Waals surface area (Å²) in [6, 6.07) is 0. The Morgan fingerprint density at radius 3 is 2.84 bits per heavy atom. The SMILES string of the molecule is CN1CCN(c2nc(N)cn3ccnc23)CC1(C)C. The van der Waals surface area contributed by atoms with Gasteiger partial charge < -0.3 is 15.0 Å². The number of hydrogen-bond acceptors (Lipinski definition) is 5. The van der Waals surface area contributed by atoms with Crippen LogP contribution in [0.25, 0.3) is 5.65 Å². The maximum absolute atomic E-state index is 5.89. The van der Waals surface area contributed by atoms with Crippen LogP contribution in [0.5, 0.6) is 0 Å². The van der Waals surface area contributed by atoms with Gasteiger partial charge in [-0.15, -0.1) is 0 Å². The number of anilines is 2. The third kappa shape index (κ3) is 2.02. The van der Waals surface area contributed by atoms with Crippen molar-refractivity contribution in [3.8, 4) is 0 Å². The van der Waals surface area contributed by atoms with Crippen molar-refractivity contribution in [3.63, 3.8) is 0 Å². The lowest BCUT2D eigenvalue weighted by Crippen LogP contribution is -2.58. The van der Waals surface area contributed by atoms with E-state index in [4.69, 9.17) is 5.73 Å². The molecule has 2 aromatic heterocycles. The van der Waals surface area contributed by atoms with Gasteiger partial charge in [-0.25, -0.2) is 9.97 Å². The first-order valence-corrected chi connectivity index (χ1v) is 6.53. The molecule has 1 fully saturated rings. The second kappa shape index (κ2) is 4.09. The van der Waals surface area contributed by atoms with Crippen LogP contribution in [0.1, 0.15) is 13.8 Å². The average molecular weight is 260 g/mol. The van der Waals surface area contributed by atoms with Gasteiger partial charge in [0, 0.05) is 37.6 Å². The minimum absolute atomic E-state index is 0.119. The fourth-order valence-corrected chi connectivity index (χ4v) is 2.57. The zero-order chi connectivity index (χ0) is 13.6. The van der Waals surface area contributed by atoms with Crippen molar-refractivity contribution < 1.29 is 0 Å². The molecule has 3 rings (SSSR count). The molecular formula is C13H20N6. The molecule has 0 unspecified atom stereocenters. The van der Waals surface area contributed by atoms with Crippen molar-refractivity contribution in [1.29, 1.82) is 0 Å². The third-order valence-electron chi connectivity index (χ3n) is 3.99. The summed E-state index contributed by atoms with van der Waals surface area (Å²) in [6.07, 6.45) is 5.48. The number of imidazole rings is 1. The molecule has 0 amide bonds. The highest BCUT2D eigenvalue weighted by molar-refractivity contribution is 5.66. The Labute approximate surface area is 112 Å². The van der Waals surface area contributed by atoms with Gasteiger partial charge in [0.1, 0.15) is 5.82 Å². The zero-order valence-electron chi connectivity index (χ0n) is 11.7. The van der Waals surface area contributed by atoms with Crippen LogP contribution < -0.4 is 10.6 Å². The smallest absolute Gasteiger partial charge is 0.180 e. The van der Waals surface area contributed by atoms with Crippen LogP contribution in [-0.4, -0.2) is 51.5 Å². The average Bonchev–Trinajstić information content (AvgIpc) is 2.79. The summed E-state index contributed by atoms with van der Waals surface area (Å²) in [5, 5.41) is 0. The minimum Gasteiger partial charge on any atom is -0.382 e. The Bertz CT molecular complexity index is 602. The zero-order valence-corrected chi connectivity index (χ0v) is 11.7. The molecule has 0 spiro atoms. The van der Waals surface area contributed by atoms with Crippen LogP contribution in [0.4, 0.5) is 11.6 Å². The molecule has 3 heterocycles. The lowest BCUT2D eigenvalue weighted by Gasteiger charge is -2.45. The largest absolute Gasteiger partial charge is 0.382 e. The quantitative estimate of drug-likeness (QED) is 0.823. The number of hydrogen-bond donors (Lipinski definition) is 1. The fourth-order valence-electron chi connectivity index (χ4n) is 2.57. The molecule has 1 saturated heterocycles. The van der Waals surface area contributed by atoms with Crippen molar-refractivity contribution in [2.45, 2.75) is 19.4 Å². The van der Waals surface area contributed by atoms with Gasteiger partial charge in [-0.1, -0.05) is 0 Å². The normalized spacial score (nSPS) is 20.1. The second-order valence-electron chi connectivity index (χ2n) is 5.80. The van der Waals surface area contributed by atoms with Crippen molar-refractivity contribution in [3.05, 3.63) is 18.6 Å².